The van der Waals surface area contributed by atoms with Crippen molar-refractivity contribution in [1.29, 1.82) is 0 Å². The predicted octanol–water partition coefficient (Wildman–Crippen LogP) is 3.13. The molecule has 1 aromatic carbocycles. The molecule has 0 saturated carbocycles. The van der Waals surface area contributed by atoms with Crippen LogP contribution in [0.4, 0.5) is 14.5 Å². The van der Waals surface area contributed by atoms with Gasteiger partial charge in [-0.3, -0.25) is 4.90 Å². The third-order valence-electron chi connectivity index (χ3n) is 6.01. The van der Waals surface area contributed by atoms with E-state index < -0.39 is 13.0 Å². The third kappa shape index (κ3) is 4.46. The predicted molar refractivity (Wildman–Crippen MR) is 114 cm³/mol. The van der Waals surface area contributed by atoms with E-state index in [-0.39, 0.29) is 5.88 Å². The van der Waals surface area contributed by atoms with E-state index >= 15 is 0 Å². The minimum atomic E-state index is -2.54. The minimum absolute atomic E-state index is 0.203. The van der Waals surface area contributed by atoms with Gasteiger partial charge in [-0.05, 0) is 31.0 Å². The normalized spacial score (nSPS) is 17.3. The molecule has 1 fully saturated rings. The molecule has 0 amide bonds. The summed E-state index contributed by atoms with van der Waals surface area (Å²) in [7, 11) is 0. The van der Waals surface area contributed by atoms with E-state index in [2.05, 4.69) is 30.5 Å². The van der Waals surface area contributed by atoms with Gasteiger partial charge in [0.1, 0.15) is 12.2 Å². The molecule has 1 saturated heterocycles. The monoisotopic (exact) mass is 428 g/mol. The van der Waals surface area contributed by atoms with Crippen molar-refractivity contribution in [3.8, 4) is 5.88 Å². The van der Waals surface area contributed by atoms with Gasteiger partial charge in [-0.25, -0.2) is 23.7 Å². The van der Waals surface area contributed by atoms with Crippen LogP contribution >= 0.6 is 0 Å². The van der Waals surface area contributed by atoms with Gasteiger partial charge in [-0.2, -0.15) is 0 Å². The van der Waals surface area contributed by atoms with Gasteiger partial charge >= 0.3 is 0 Å². The Bertz CT molecular complexity index is 1020. The van der Waals surface area contributed by atoms with Gasteiger partial charge in [0.25, 0.3) is 6.43 Å². The van der Waals surface area contributed by atoms with E-state index in [0.29, 0.717) is 10.9 Å². The molecule has 4 heterocycles. The lowest BCUT2D eigenvalue weighted by molar-refractivity contribution is 0.0804. The molecule has 0 spiro atoms. The number of imidazole rings is 1. The fourth-order valence-electron chi connectivity index (χ4n) is 4.42. The smallest absolute Gasteiger partial charge is 0.272 e. The number of fused-ring (bicyclic) bond motifs is 2. The van der Waals surface area contributed by atoms with E-state index in [1.54, 1.807) is 0 Å². The molecular formula is C22H26F2N6O. The number of alkyl halides is 2. The number of ether oxygens (including phenoxy) is 1. The van der Waals surface area contributed by atoms with Crippen LogP contribution in [0.5, 0.6) is 5.88 Å². The highest BCUT2D eigenvalue weighted by atomic mass is 19.3. The van der Waals surface area contributed by atoms with Gasteiger partial charge in [-0.15, -0.1) is 0 Å². The molecule has 0 bridgehead atoms. The Morgan fingerprint density at radius 3 is 2.71 bits per heavy atom. The van der Waals surface area contributed by atoms with Gasteiger partial charge in [0.15, 0.2) is 6.61 Å². The van der Waals surface area contributed by atoms with E-state index in [0.717, 1.165) is 57.1 Å². The first-order chi connectivity index (χ1) is 15.2. The number of hydrogen-bond donors (Lipinski definition) is 0. The standard InChI is InChI=1S/C22H26F2N6O/c23-20(24)14-31-22-18-11-17(4-5-19(18)25-15-26-22)29-9-7-28(8-10-29)12-16-13-30-6-2-1-3-21(30)27-16/h4-5,11,13,15,20H,1-3,6-10,12,14H2. The summed E-state index contributed by atoms with van der Waals surface area (Å²) in [5, 5.41) is 0.659. The lowest BCUT2D eigenvalue weighted by Gasteiger charge is -2.35. The van der Waals surface area contributed by atoms with Crippen LogP contribution in [0, 0.1) is 0 Å². The molecule has 0 unspecified atom stereocenters. The highest BCUT2D eigenvalue weighted by Crippen LogP contribution is 2.28. The van der Waals surface area contributed by atoms with Crippen LogP contribution in [-0.4, -0.2) is 63.6 Å². The molecule has 2 aliphatic rings. The highest BCUT2D eigenvalue weighted by molar-refractivity contribution is 5.86. The Labute approximate surface area is 179 Å². The zero-order valence-electron chi connectivity index (χ0n) is 17.4. The molecule has 0 N–H and O–H groups in total. The summed E-state index contributed by atoms with van der Waals surface area (Å²) in [4.78, 5) is 17.8. The molecule has 2 aromatic heterocycles. The lowest BCUT2D eigenvalue weighted by atomic mass is 10.2. The first kappa shape index (κ1) is 20.1. The van der Waals surface area contributed by atoms with Gasteiger partial charge < -0.3 is 14.2 Å². The summed E-state index contributed by atoms with van der Waals surface area (Å²) in [6.45, 7) is 4.96. The maximum atomic E-state index is 12.6. The van der Waals surface area contributed by atoms with Gasteiger partial charge in [-0.1, -0.05) is 0 Å². The molecule has 5 rings (SSSR count). The fraction of sp³-hybridized carbons (Fsp3) is 0.500. The summed E-state index contributed by atoms with van der Waals surface area (Å²) in [5.74, 6) is 1.43. The van der Waals surface area contributed by atoms with E-state index in [4.69, 9.17) is 9.72 Å². The number of aromatic nitrogens is 4. The van der Waals surface area contributed by atoms with Crippen molar-refractivity contribution in [3.63, 3.8) is 0 Å². The number of anilines is 1. The Hall–Kier alpha value is -2.81. The molecule has 0 aliphatic carbocycles. The van der Waals surface area contributed by atoms with Gasteiger partial charge in [0, 0.05) is 57.6 Å². The Kier molecular flexibility index (Phi) is 5.67. The van der Waals surface area contributed by atoms with E-state index in [1.807, 2.05) is 18.2 Å². The Morgan fingerprint density at radius 2 is 1.90 bits per heavy atom. The largest absolute Gasteiger partial charge is 0.471 e. The topological polar surface area (TPSA) is 59.3 Å². The summed E-state index contributed by atoms with van der Waals surface area (Å²) >= 11 is 0. The number of aryl methyl sites for hydroxylation is 2. The number of benzene rings is 1. The average molecular weight is 428 g/mol. The maximum absolute atomic E-state index is 12.6. The molecule has 9 heteroatoms. The maximum Gasteiger partial charge on any atom is 0.272 e. The number of nitrogens with zero attached hydrogens (tertiary/aromatic N) is 6. The number of rotatable bonds is 6. The van der Waals surface area contributed by atoms with Crippen molar-refractivity contribution >= 4 is 16.6 Å². The molecule has 2 aliphatic heterocycles. The fourth-order valence-corrected chi connectivity index (χ4v) is 4.42. The van der Waals surface area contributed by atoms with Crippen molar-refractivity contribution in [3.05, 3.63) is 42.2 Å². The molecule has 3 aromatic rings. The average Bonchev–Trinajstić information content (AvgIpc) is 3.20. The Balaban J connectivity index is 1.24. The molecule has 164 valence electrons. The second-order valence-electron chi connectivity index (χ2n) is 8.14. The van der Waals surface area contributed by atoms with E-state index in [9.17, 15) is 8.78 Å². The zero-order valence-corrected chi connectivity index (χ0v) is 17.4. The molecule has 0 atom stereocenters. The highest BCUT2D eigenvalue weighted by Gasteiger charge is 2.20. The number of hydrogen-bond acceptors (Lipinski definition) is 6. The first-order valence-electron chi connectivity index (χ1n) is 10.8. The van der Waals surface area contributed by atoms with Crippen LogP contribution in [0.3, 0.4) is 0 Å². The van der Waals surface area contributed by atoms with Crippen molar-refractivity contribution in [2.24, 2.45) is 0 Å². The third-order valence-corrected chi connectivity index (χ3v) is 6.01. The van der Waals surface area contributed by atoms with Crippen LogP contribution in [0.1, 0.15) is 24.4 Å². The van der Waals surface area contributed by atoms with Gasteiger partial charge in [0.2, 0.25) is 5.88 Å². The van der Waals surface area contributed by atoms with Gasteiger partial charge in [0.05, 0.1) is 16.6 Å². The summed E-state index contributed by atoms with van der Waals surface area (Å²) in [5.41, 5.74) is 2.88. The quantitative estimate of drug-likeness (QED) is 0.601. The van der Waals surface area contributed by atoms with Crippen LogP contribution in [0.2, 0.25) is 0 Å². The van der Waals surface area contributed by atoms with Crippen LogP contribution in [0.15, 0.2) is 30.7 Å². The molecular weight excluding hydrogens is 402 g/mol. The Morgan fingerprint density at radius 1 is 1.03 bits per heavy atom. The van der Waals surface area contributed by atoms with Crippen molar-refractivity contribution in [2.75, 3.05) is 37.7 Å². The van der Waals surface area contributed by atoms with Crippen molar-refractivity contribution in [1.82, 2.24) is 24.4 Å². The number of halogens is 2. The summed E-state index contributed by atoms with van der Waals surface area (Å²) < 4.78 is 32.6. The second kappa shape index (κ2) is 8.74. The van der Waals surface area contributed by atoms with Crippen molar-refractivity contribution < 1.29 is 13.5 Å². The van der Waals surface area contributed by atoms with Crippen molar-refractivity contribution in [2.45, 2.75) is 38.8 Å². The summed E-state index contributed by atoms with van der Waals surface area (Å²) in [6.07, 6.45) is 4.58. The lowest BCUT2D eigenvalue weighted by Crippen LogP contribution is -2.46. The molecule has 7 nitrogen and oxygen atoms in total. The van der Waals surface area contributed by atoms with Crippen LogP contribution < -0.4 is 9.64 Å². The molecule has 0 radical (unpaired) electrons. The second-order valence-corrected chi connectivity index (χ2v) is 8.14. The van der Waals surface area contributed by atoms with E-state index in [1.165, 1.54) is 25.0 Å². The molecule has 31 heavy (non-hydrogen) atoms. The summed E-state index contributed by atoms with van der Waals surface area (Å²) in [6, 6.07) is 5.85. The number of piperazine rings is 1. The zero-order chi connectivity index (χ0) is 21.2. The SMILES string of the molecule is FC(F)COc1ncnc2ccc(N3CCN(Cc4cn5c(n4)CCCC5)CC3)cc12. The van der Waals surface area contributed by atoms with Crippen LogP contribution in [0.25, 0.3) is 10.9 Å². The van der Waals surface area contributed by atoms with Crippen LogP contribution in [-0.2, 0) is 19.5 Å². The first-order valence-corrected chi connectivity index (χ1v) is 10.8. The minimum Gasteiger partial charge on any atom is -0.471 e.